The lowest BCUT2D eigenvalue weighted by atomic mass is 10.1. The average molecular weight is 467 g/mol. The Hall–Kier alpha value is -3.65. The minimum atomic E-state index is -3.51. The molecule has 0 saturated heterocycles. The first kappa shape index (κ1) is 24.0. The molecule has 7 nitrogen and oxygen atoms in total. The van der Waals surface area contributed by atoms with Gasteiger partial charge < -0.3 is 10.1 Å². The first-order valence-corrected chi connectivity index (χ1v) is 12.1. The Morgan fingerprint density at radius 1 is 0.909 bits per heavy atom. The van der Waals surface area contributed by atoms with Crippen molar-refractivity contribution in [2.45, 2.75) is 20.4 Å². The zero-order valence-corrected chi connectivity index (χ0v) is 19.8. The second-order valence-corrected chi connectivity index (χ2v) is 9.69. The van der Waals surface area contributed by atoms with Crippen molar-refractivity contribution in [1.82, 2.24) is 0 Å². The first-order valence-electron chi connectivity index (χ1n) is 10.2. The predicted molar refractivity (Wildman–Crippen MR) is 129 cm³/mol. The van der Waals surface area contributed by atoms with E-state index in [1.165, 1.54) is 17.7 Å². The number of aryl methyl sites for hydroxylation is 2. The molecule has 33 heavy (non-hydrogen) atoms. The van der Waals surface area contributed by atoms with Crippen molar-refractivity contribution >= 4 is 33.3 Å². The Morgan fingerprint density at radius 2 is 1.52 bits per heavy atom. The number of nitrogens with zero attached hydrogens (tertiary/aromatic N) is 1. The van der Waals surface area contributed by atoms with Gasteiger partial charge in [-0.05, 0) is 73.0 Å². The molecule has 0 spiro atoms. The van der Waals surface area contributed by atoms with Gasteiger partial charge in [0.1, 0.15) is 0 Å². The molecule has 172 valence electrons. The van der Waals surface area contributed by atoms with Crippen molar-refractivity contribution in [2.75, 3.05) is 23.0 Å². The number of anilines is 2. The number of sulfonamides is 1. The van der Waals surface area contributed by atoms with Crippen LogP contribution in [0, 0.1) is 13.8 Å². The molecule has 0 heterocycles. The van der Waals surface area contributed by atoms with Gasteiger partial charge in [-0.2, -0.15) is 0 Å². The van der Waals surface area contributed by atoms with Crippen LogP contribution in [0.25, 0.3) is 0 Å². The Morgan fingerprint density at radius 3 is 2.09 bits per heavy atom. The Balaban J connectivity index is 1.75. The molecule has 0 atom stereocenters. The van der Waals surface area contributed by atoms with Gasteiger partial charge in [0.05, 0.1) is 31.2 Å². The van der Waals surface area contributed by atoms with E-state index < -0.39 is 16.0 Å². The number of carbonyl (C=O) groups is 2. The third-order valence-electron chi connectivity index (χ3n) is 5.14. The Kier molecular flexibility index (Phi) is 7.18. The normalized spacial score (nSPS) is 11.0. The van der Waals surface area contributed by atoms with E-state index in [0.717, 1.165) is 16.7 Å². The van der Waals surface area contributed by atoms with Gasteiger partial charge in [0, 0.05) is 11.3 Å². The molecule has 0 aromatic heterocycles. The fourth-order valence-electron chi connectivity index (χ4n) is 3.31. The summed E-state index contributed by atoms with van der Waals surface area (Å²) >= 11 is 0. The number of benzene rings is 3. The summed E-state index contributed by atoms with van der Waals surface area (Å²) in [7, 11) is -2.21. The third-order valence-corrected chi connectivity index (χ3v) is 6.27. The van der Waals surface area contributed by atoms with Crippen LogP contribution in [0.3, 0.4) is 0 Å². The molecule has 0 saturated carbocycles. The number of hydrogen-bond acceptors (Lipinski definition) is 5. The van der Waals surface area contributed by atoms with Crippen molar-refractivity contribution < 1.29 is 22.7 Å². The summed E-state index contributed by atoms with van der Waals surface area (Å²) in [6, 6.07) is 18.8. The van der Waals surface area contributed by atoms with Gasteiger partial charge in [0.2, 0.25) is 10.0 Å². The molecule has 3 rings (SSSR count). The average Bonchev–Trinajstić information content (AvgIpc) is 2.79. The van der Waals surface area contributed by atoms with E-state index in [1.54, 1.807) is 48.5 Å². The summed E-state index contributed by atoms with van der Waals surface area (Å²) in [6.07, 6.45) is 1.18. The van der Waals surface area contributed by atoms with Crippen LogP contribution in [0.4, 0.5) is 11.4 Å². The van der Waals surface area contributed by atoms with Gasteiger partial charge in [0.25, 0.3) is 5.91 Å². The van der Waals surface area contributed by atoms with Crippen LogP contribution in [-0.2, 0) is 21.3 Å². The smallest absolute Gasteiger partial charge is 0.337 e. The van der Waals surface area contributed by atoms with E-state index >= 15 is 0 Å². The largest absolute Gasteiger partial charge is 0.465 e. The van der Waals surface area contributed by atoms with Gasteiger partial charge in [-0.25, -0.2) is 13.2 Å². The van der Waals surface area contributed by atoms with Crippen LogP contribution in [0.2, 0.25) is 0 Å². The van der Waals surface area contributed by atoms with E-state index in [2.05, 4.69) is 10.1 Å². The number of amides is 1. The molecule has 0 fully saturated rings. The molecule has 8 heteroatoms. The molecule has 0 aliphatic carbocycles. The Labute approximate surface area is 194 Å². The molecule has 3 aromatic rings. The molecule has 1 amide bonds. The van der Waals surface area contributed by atoms with Gasteiger partial charge >= 0.3 is 5.97 Å². The molecule has 0 aliphatic rings. The van der Waals surface area contributed by atoms with Gasteiger partial charge in [-0.1, -0.05) is 24.3 Å². The molecule has 0 aliphatic heterocycles. The fourth-order valence-corrected chi connectivity index (χ4v) is 4.24. The van der Waals surface area contributed by atoms with Gasteiger partial charge in [-0.15, -0.1) is 0 Å². The number of methoxy groups -OCH3 is 1. The fraction of sp³-hybridized carbons (Fsp3) is 0.200. The lowest BCUT2D eigenvalue weighted by Crippen LogP contribution is -2.30. The van der Waals surface area contributed by atoms with Crippen LogP contribution in [0.1, 0.15) is 37.4 Å². The number of nitrogens with one attached hydrogen (secondary N) is 1. The zero-order valence-electron chi connectivity index (χ0n) is 19.0. The number of hydrogen-bond donors (Lipinski definition) is 1. The summed E-state index contributed by atoms with van der Waals surface area (Å²) in [4.78, 5) is 24.1. The van der Waals surface area contributed by atoms with E-state index in [0.29, 0.717) is 22.5 Å². The second kappa shape index (κ2) is 9.87. The summed E-state index contributed by atoms with van der Waals surface area (Å²) in [6.45, 7) is 3.94. The summed E-state index contributed by atoms with van der Waals surface area (Å²) in [5.74, 6) is -0.769. The maximum Gasteiger partial charge on any atom is 0.337 e. The van der Waals surface area contributed by atoms with Crippen molar-refractivity contribution in [3.05, 3.63) is 94.5 Å². The molecule has 0 radical (unpaired) electrons. The van der Waals surface area contributed by atoms with Crippen molar-refractivity contribution in [3.63, 3.8) is 0 Å². The quantitative estimate of drug-likeness (QED) is 0.524. The summed E-state index contributed by atoms with van der Waals surface area (Å²) in [5.41, 5.74) is 4.56. The minimum Gasteiger partial charge on any atom is -0.465 e. The second-order valence-electron chi connectivity index (χ2n) is 7.78. The monoisotopic (exact) mass is 466 g/mol. The SMILES string of the molecule is COC(=O)c1ccc(NC(=O)c2ccc(CN(c3cc(C)ccc3C)S(C)(=O)=O)cc2)cc1. The lowest BCUT2D eigenvalue weighted by Gasteiger charge is -2.25. The highest BCUT2D eigenvalue weighted by Gasteiger charge is 2.20. The highest BCUT2D eigenvalue weighted by Crippen LogP contribution is 2.26. The number of rotatable bonds is 7. The van der Waals surface area contributed by atoms with Crippen molar-refractivity contribution in [3.8, 4) is 0 Å². The minimum absolute atomic E-state index is 0.153. The highest BCUT2D eigenvalue weighted by atomic mass is 32.2. The third kappa shape index (κ3) is 5.98. The number of carbonyl (C=O) groups excluding carboxylic acids is 2. The molecular formula is C25H26N2O5S. The van der Waals surface area contributed by atoms with Crippen LogP contribution in [0.15, 0.2) is 66.7 Å². The number of ether oxygens (including phenoxy) is 1. The van der Waals surface area contributed by atoms with Crippen LogP contribution < -0.4 is 9.62 Å². The van der Waals surface area contributed by atoms with Gasteiger partial charge in [-0.3, -0.25) is 9.10 Å². The lowest BCUT2D eigenvalue weighted by molar-refractivity contribution is 0.0600. The van der Waals surface area contributed by atoms with E-state index in [1.807, 2.05) is 32.0 Å². The maximum atomic E-state index is 12.6. The van der Waals surface area contributed by atoms with Crippen LogP contribution in [-0.4, -0.2) is 33.7 Å². The topological polar surface area (TPSA) is 92.8 Å². The number of esters is 1. The summed E-state index contributed by atoms with van der Waals surface area (Å²) in [5, 5.41) is 2.77. The molecular weight excluding hydrogens is 440 g/mol. The van der Waals surface area contributed by atoms with Gasteiger partial charge in [0.15, 0.2) is 0 Å². The van der Waals surface area contributed by atoms with E-state index in [-0.39, 0.29) is 12.5 Å². The molecule has 0 unspecified atom stereocenters. The van der Waals surface area contributed by atoms with Crippen molar-refractivity contribution in [2.24, 2.45) is 0 Å². The molecule has 0 bridgehead atoms. The predicted octanol–water partition coefficient (Wildman–Crippen LogP) is 4.31. The van der Waals surface area contributed by atoms with Crippen LogP contribution >= 0.6 is 0 Å². The zero-order chi connectivity index (χ0) is 24.2. The maximum absolute atomic E-state index is 12.6. The first-order chi connectivity index (χ1) is 15.6. The summed E-state index contributed by atoms with van der Waals surface area (Å²) < 4.78 is 31.0. The molecule has 3 aromatic carbocycles. The van der Waals surface area contributed by atoms with E-state index in [9.17, 15) is 18.0 Å². The Bertz CT molecular complexity index is 1270. The molecule has 1 N–H and O–H groups in total. The highest BCUT2D eigenvalue weighted by molar-refractivity contribution is 7.92. The van der Waals surface area contributed by atoms with Crippen LogP contribution in [0.5, 0.6) is 0 Å². The van der Waals surface area contributed by atoms with E-state index in [4.69, 9.17) is 0 Å². The standard InChI is InChI=1S/C25H26N2O5S/c1-17-5-6-18(2)23(15-17)27(33(4,30)31)16-19-7-9-20(10-8-19)24(28)26-22-13-11-21(12-14-22)25(29)32-3/h5-15H,16H2,1-4H3,(H,26,28). The van der Waals surface area contributed by atoms with Crippen molar-refractivity contribution in [1.29, 1.82) is 0 Å².